The van der Waals surface area contributed by atoms with E-state index in [-0.39, 0.29) is 6.42 Å². The van der Waals surface area contributed by atoms with Crippen molar-refractivity contribution in [3.8, 4) is 0 Å². The Morgan fingerprint density at radius 3 is 2.41 bits per heavy atom. The van der Waals surface area contributed by atoms with Gasteiger partial charge in [-0.1, -0.05) is 30.3 Å². The smallest absolute Gasteiger partial charge is 0.334 e. The molecule has 0 aliphatic carbocycles. The van der Waals surface area contributed by atoms with Gasteiger partial charge in [0, 0.05) is 7.05 Å². The summed E-state index contributed by atoms with van der Waals surface area (Å²) in [7, 11) is -3.01. The number of benzene rings is 1. The van der Waals surface area contributed by atoms with E-state index in [1.807, 2.05) is 10.8 Å². The number of hydrogen-bond acceptors (Lipinski definition) is 3. The summed E-state index contributed by atoms with van der Waals surface area (Å²) in [6.45, 7) is 0. The Morgan fingerprint density at radius 1 is 1.35 bits per heavy atom. The molecule has 0 bridgehead atoms. The van der Waals surface area contributed by atoms with Crippen molar-refractivity contribution in [1.82, 2.24) is 10.0 Å². The average Bonchev–Trinajstić information content (AvgIpc) is 2.27. The van der Waals surface area contributed by atoms with Gasteiger partial charge in [0.2, 0.25) is 5.91 Å². The molecule has 1 rings (SSSR count). The van der Waals surface area contributed by atoms with E-state index in [2.05, 4.69) is 5.32 Å². The van der Waals surface area contributed by atoms with E-state index in [0.717, 1.165) is 5.56 Å². The molecule has 0 unspecified atom stereocenters. The molecule has 0 radical (unpaired) electrons. The molecule has 0 fully saturated rings. The van der Waals surface area contributed by atoms with Gasteiger partial charge in [-0.15, -0.1) is 0 Å². The maximum Gasteiger partial charge on any atom is 0.334 e. The molecule has 6 nitrogen and oxygen atoms in total. The van der Waals surface area contributed by atoms with Crippen LogP contribution in [0, 0.1) is 0 Å². The van der Waals surface area contributed by atoms with Gasteiger partial charge in [0.25, 0.3) is 0 Å². The van der Waals surface area contributed by atoms with Crippen LogP contribution in [0.3, 0.4) is 0 Å². The van der Waals surface area contributed by atoms with Crippen molar-refractivity contribution in [2.75, 3.05) is 7.05 Å². The summed E-state index contributed by atoms with van der Waals surface area (Å²) in [5, 5.41) is 2.33. The first-order chi connectivity index (χ1) is 7.92. The van der Waals surface area contributed by atoms with Gasteiger partial charge in [-0.3, -0.25) is 9.35 Å². The fraction of sp³-hybridized carbons (Fsp3) is 0.300. The second-order valence-corrected chi connectivity index (χ2v) is 4.64. The lowest BCUT2D eigenvalue weighted by molar-refractivity contribution is -0.122. The summed E-state index contributed by atoms with van der Waals surface area (Å²) in [5.74, 6) is -0.508. The highest BCUT2D eigenvalue weighted by atomic mass is 32.2. The van der Waals surface area contributed by atoms with E-state index in [1.165, 1.54) is 7.05 Å². The van der Waals surface area contributed by atoms with Crippen LogP contribution in [0.2, 0.25) is 0 Å². The molecule has 17 heavy (non-hydrogen) atoms. The van der Waals surface area contributed by atoms with E-state index in [0.29, 0.717) is 0 Å². The lowest BCUT2D eigenvalue weighted by atomic mass is 10.1. The zero-order chi connectivity index (χ0) is 12.9. The summed E-state index contributed by atoms with van der Waals surface area (Å²) in [4.78, 5) is 11.4. The Morgan fingerprint density at radius 2 is 1.94 bits per heavy atom. The second-order valence-electron chi connectivity index (χ2n) is 3.45. The minimum atomic E-state index is -4.41. The normalized spacial score (nSPS) is 13.1. The monoisotopic (exact) mass is 258 g/mol. The third-order valence-electron chi connectivity index (χ3n) is 2.14. The molecule has 1 amide bonds. The topological polar surface area (TPSA) is 95.5 Å². The van der Waals surface area contributed by atoms with Crippen molar-refractivity contribution < 1.29 is 17.8 Å². The third kappa shape index (κ3) is 4.94. The van der Waals surface area contributed by atoms with Gasteiger partial charge < -0.3 is 5.32 Å². The van der Waals surface area contributed by atoms with E-state index >= 15 is 0 Å². The minimum absolute atomic E-state index is 0.167. The first-order valence-electron chi connectivity index (χ1n) is 4.92. The molecule has 0 aliphatic heterocycles. The number of rotatable bonds is 5. The van der Waals surface area contributed by atoms with Crippen LogP contribution >= 0.6 is 0 Å². The SMILES string of the molecule is CNC(=O)[C@H](Cc1ccccc1)NS(=O)(=O)O. The number of amides is 1. The third-order valence-corrected chi connectivity index (χ3v) is 2.72. The zero-order valence-electron chi connectivity index (χ0n) is 9.25. The van der Waals surface area contributed by atoms with Gasteiger partial charge in [-0.05, 0) is 12.0 Å². The van der Waals surface area contributed by atoms with Gasteiger partial charge in [-0.2, -0.15) is 13.1 Å². The minimum Gasteiger partial charge on any atom is -0.358 e. The number of likely N-dealkylation sites (N-methyl/N-ethyl adjacent to an activating group) is 1. The summed E-state index contributed by atoms with van der Waals surface area (Å²) < 4.78 is 32.0. The van der Waals surface area contributed by atoms with Crippen LogP contribution in [-0.4, -0.2) is 32.0 Å². The molecule has 0 spiro atoms. The quantitative estimate of drug-likeness (QED) is 0.634. The van der Waals surface area contributed by atoms with Crippen LogP contribution in [0.25, 0.3) is 0 Å². The standard InChI is InChI=1S/C10H14N2O4S/c1-11-10(13)9(12-17(14,15)16)7-8-5-3-2-4-6-8/h2-6,9,12H,7H2,1H3,(H,11,13)(H,14,15,16)/t9-/m0/s1. The molecule has 1 aromatic carbocycles. The molecule has 94 valence electrons. The fourth-order valence-electron chi connectivity index (χ4n) is 1.39. The first-order valence-corrected chi connectivity index (χ1v) is 6.36. The van der Waals surface area contributed by atoms with E-state index in [4.69, 9.17) is 4.55 Å². The van der Waals surface area contributed by atoms with Crippen molar-refractivity contribution >= 4 is 16.2 Å². The summed E-state index contributed by atoms with van der Waals surface area (Å²) >= 11 is 0. The highest BCUT2D eigenvalue weighted by Crippen LogP contribution is 2.04. The van der Waals surface area contributed by atoms with Crippen molar-refractivity contribution in [3.63, 3.8) is 0 Å². The van der Waals surface area contributed by atoms with Gasteiger partial charge in [0.15, 0.2) is 0 Å². The molecule has 3 N–H and O–H groups in total. The first kappa shape index (κ1) is 13.6. The van der Waals surface area contributed by atoms with Crippen LogP contribution < -0.4 is 10.0 Å². The molecule has 0 aliphatic rings. The van der Waals surface area contributed by atoms with Crippen LogP contribution in [0.1, 0.15) is 5.56 Å². The van der Waals surface area contributed by atoms with Gasteiger partial charge in [0.1, 0.15) is 6.04 Å². The second kappa shape index (κ2) is 5.76. The molecule has 1 aromatic rings. The van der Waals surface area contributed by atoms with Crippen molar-refractivity contribution in [2.24, 2.45) is 0 Å². The van der Waals surface area contributed by atoms with Crippen molar-refractivity contribution in [3.05, 3.63) is 35.9 Å². The summed E-state index contributed by atoms with van der Waals surface area (Å²) in [6, 6.07) is 7.88. The highest BCUT2D eigenvalue weighted by Gasteiger charge is 2.22. The van der Waals surface area contributed by atoms with Crippen LogP contribution in [0.4, 0.5) is 0 Å². The molecule has 1 atom stereocenters. The predicted molar refractivity (Wildman–Crippen MR) is 62.7 cm³/mol. The van der Waals surface area contributed by atoms with E-state index in [9.17, 15) is 13.2 Å². The highest BCUT2D eigenvalue weighted by molar-refractivity contribution is 7.83. The number of nitrogens with one attached hydrogen (secondary N) is 2. The molecule has 0 aromatic heterocycles. The Labute approximate surface area is 99.9 Å². The number of carbonyl (C=O) groups excluding carboxylic acids is 1. The molecule has 0 saturated carbocycles. The number of hydrogen-bond donors (Lipinski definition) is 3. The molecular formula is C10H14N2O4S. The summed E-state index contributed by atoms with van der Waals surface area (Å²) in [6.07, 6.45) is 0.167. The Hall–Kier alpha value is -1.44. The molecule has 7 heteroatoms. The summed E-state index contributed by atoms with van der Waals surface area (Å²) in [5.41, 5.74) is 0.789. The Bertz CT molecular complexity index is 472. The number of carbonyl (C=O) groups is 1. The predicted octanol–water partition coefficient (Wildman–Crippen LogP) is -0.264. The Balaban J connectivity index is 2.81. The van der Waals surface area contributed by atoms with Crippen LogP contribution in [0.15, 0.2) is 30.3 Å². The van der Waals surface area contributed by atoms with Gasteiger partial charge in [0.05, 0.1) is 0 Å². The van der Waals surface area contributed by atoms with Crippen molar-refractivity contribution in [2.45, 2.75) is 12.5 Å². The van der Waals surface area contributed by atoms with E-state index < -0.39 is 22.3 Å². The maximum atomic E-state index is 11.4. The fourth-order valence-corrected chi connectivity index (χ4v) is 1.94. The van der Waals surface area contributed by atoms with Crippen LogP contribution in [0.5, 0.6) is 0 Å². The average molecular weight is 258 g/mol. The van der Waals surface area contributed by atoms with Crippen LogP contribution in [-0.2, 0) is 21.5 Å². The largest absolute Gasteiger partial charge is 0.358 e. The molecular weight excluding hydrogens is 244 g/mol. The zero-order valence-corrected chi connectivity index (χ0v) is 10.1. The van der Waals surface area contributed by atoms with Gasteiger partial charge >= 0.3 is 10.3 Å². The maximum absolute atomic E-state index is 11.4. The molecule has 0 saturated heterocycles. The lowest BCUT2D eigenvalue weighted by Gasteiger charge is -2.15. The lowest BCUT2D eigenvalue weighted by Crippen LogP contribution is -2.46. The van der Waals surface area contributed by atoms with Gasteiger partial charge in [-0.25, -0.2) is 0 Å². The Kier molecular flexibility index (Phi) is 4.62. The van der Waals surface area contributed by atoms with E-state index in [1.54, 1.807) is 24.3 Å². The molecule has 0 heterocycles. The van der Waals surface area contributed by atoms with Crippen molar-refractivity contribution in [1.29, 1.82) is 0 Å².